The Morgan fingerprint density at radius 2 is 1.93 bits per heavy atom. The number of likely N-dealkylation sites (tertiary alicyclic amines) is 1. The SMILES string of the molecule is COC(=O)C[C@@H]1C[C@@]2(CO2)[C@H](O)[C@@H](/C=C/C(C)=C/C[C@@H]2O[C@H](C)[C@H](NC(=O)/C=C/C(C)[C@@H]3CCCCN3C(=O)O)C[C@@H]2C)O1. The van der Waals surface area contributed by atoms with Crippen LogP contribution in [0.4, 0.5) is 4.79 Å². The molecule has 0 radical (unpaired) electrons. The quantitative estimate of drug-likeness (QED) is 0.144. The van der Waals surface area contributed by atoms with Gasteiger partial charge in [0.2, 0.25) is 5.91 Å². The van der Waals surface area contributed by atoms with Gasteiger partial charge in [-0.05, 0) is 63.9 Å². The number of epoxide rings is 1. The van der Waals surface area contributed by atoms with E-state index in [-0.39, 0.29) is 60.5 Å². The standard InChI is InChI=1S/C33H50N2O9/c1-20(10-13-28-31(38)33(19-42-33)18-24(44-28)17-30(37)41-5)9-12-27-22(3)16-25(23(4)43-27)34-29(36)14-11-21(2)26-8-6-7-15-35(26)32(39)40/h9-11,13-14,21-28,31,38H,6-8,12,15-19H2,1-5H3,(H,34,36)(H,39,40)/b13-10+,14-11+,20-9+/t21?,22-,23+,24+,25+,26-,27-,28+,31+,33+/m0/s1. The Morgan fingerprint density at radius 1 is 1.18 bits per heavy atom. The number of carboxylic acid groups (broad SMARTS) is 1. The summed E-state index contributed by atoms with van der Waals surface area (Å²) >= 11 is 0. The smallest absolute Gasteiger partial charge is 0.407 e. The molecule has 0 bridgehead atoms. The van der Waals surface area contributed by atoms with Gasteiger partial charge in [-0.25, -0.2) is 4.79 Å². The first-order chi connectivity index (χ1) is 20.9. The van der Waals surface area contributed by atoms with E-state index in [1.54, 1.807) is 0 Å². The molecule has 1 unspecified atom stereocenters. The number of aliphatic hydroxyl groups excluding tert-OH is 1. The van der Waals surface area contributed by atoms with E-state index >= 15 is 0 Å². The third-order valence-electron chi connectivity index (χ3n) is 9.63. The van der Waals surface area contributed by atoms with E-state index in [0.717, 1.165) is 31.3 Å². The van der Waals surface area contributed by atoms with Gasteiger partial charge in [-0.3, -0.25) is 9.59 Å². The summed E-state index contributed by atoms with van der Waals surface area (Å²) in [5.41, 5.74) is 0.348. The summed E-state index contributed by atoms with van der Waals surface area (Å²) in [5, 5.41) is 23.4. The predicted octanol–water partition coefficient (Wildman–Crippen LogP) is 3.75. The summed E-state index contributed by atoms with van der Waals surface area (Å²) in [7, 11) is 1.35. The molecule has 4 aliphatic heterocycles. The molecule has 4 aliphatic rings. The fourth-order valence-corrected chi connectivity index (χ4v) is 6.74. The average molecular weight is 619 g/mol. The van der Waals surface area contributed by atoms with Crippen molar-refractivity contribution in [1.82, 2.24) is 10.2 Å². The van der Waals surface area contributed by atoms with E-state index in [1.807, 2.05) is 39.0 Å². The molecule has 3 N–H and O–H groups in total. The molecule has 0 aromatic heterocycles. The van der Waals surface area contributed by atoms with Gasteiger partial charge in [0.05, 0.1) is 44.5 Å². The third-order valence-corrected chi connectivity index (χ3v) is 9.63. The van der Waals surface area contributed by atoms with Crippen molar-refractivity contribution >= 4 is 18.0 Å². The highest BCUT2D eigenvalue weighted by Crippen LogP contribution is 2.43. The number of ether oxygens (including phenoxy) is 4. The van der Waals surface area contributed by atoms with Gasteiger partial charge in [0.25, 0.3) is 0 Å². The van der Waals surface area contributed by atoms with Crippen molar-refractivity contribution in [1.29, 1.82) is 0 Å². The maximum atomic E-state index is 12.8. The lowest BCUT2D eigenvalue weighted by molar-refractivity contribution is -0.157. The second-order valence-corrected chi connectivity index (χ2v) is 13.0. The highest BCUT2D eigenvalue weighted by Gasteiger charge is 2.58. The van der Waals surface area contributed by atoms with Gasteiger partial charge >= 0.3 is 12.1 Å². The molecule has 4 heterocycles. The molecule has 4 saturated heterocycles. The lowest BCUT2D eigenvalue weighted by atomic mass is 9.87. The van der Waals surface area contributed by atoms with Crippen molar-refractivity contribution in [2.24, 2.45) is 11.8 Å². The van der Waals surface area contributed by atoms with Crippen LogP contribution in [0.5, 0.6) is 0 Å². The molecule has 2 amide bonds. The molecule has 11 heteroatoms. The molecule has 44 heavy (non-hydrogen) atoms. The first kappa shape index (κ1) is 34.1. The molecule has 4 fully saturated rings. The fraction of sp³-hybridized carbons (Fsp3) is 0.727. The zero-order chi connectivity index (χ0) is 32.0. The summed E-state index contributed by atoms with van der Waals surface area (Å²) in [4.78, 5) is 37.6. The van der Waals surface area contributed by atoms with Crippen molar-refractivity contribution < 1.29 is 43.5 Å². The number of nitrogens with zero attached hydrogens (tertiary/aromatic N) is 1. The second kappa shape index (κ2) is 15.0. The van der Waals surface area contributed by atoms with Gasteiger partial charge in [0, 0.05) is 19.0 Å². The van der Waals surface area contributed by atoms with E-state index < -0.39 is 23.9 Å². The zero-order valence-corrected chi connectivity index (χ0v) is 26.6. The van der Waals surface area contributed by atoms with Crippen LogP contribution in [0.3, 0.4) is 0 Å². The maximum Gasteiger partial charge on any atom is 0.407 e. The van der Waals surface area contributed by atoms with Crippen molar-refractivity contribution in [2.75, 3.05) is 20.3 Å². The summed E-state index contributed by atoms with van der Waals surface area (Å²) in [5.74, 6) is -0.385. The Kier molecular flexibility index (Phi) is 11.7. The topological polar surface area (TPSA) is 147 Å². The summed E-state index contributed by atoms with van der Waals surface area (Å²) in [6.07, 6.45) is 11.1. The maximum absolute atomic E-state index is 12.8. The Hall–Kier alpha value is -2.73. The number of hydrogen-bond acceptors (Lipinski definition) is 8. The number of hydrogen-bond donors (Lipinski definition) is 3. The molecule has 0 aliphatic carbocycles. The second-order valence-electron chi connectivity index (χ2n) is 13.0. The van der Waals surface area contributed by atoms with Crippen LogP contribution < -0.4 is 5.32 Å². The molecule has 10 atom stereocenters. The van der Waals surface area contributed by atoms with E-state index in [4.69, 9.17) is 18.9 Å². The van der Waals surface area contributed by atoms with Gasteiger partial charge < -0.3 is 39.4 Å². The normalized spacial score (nSPS) is 36.9. The van der Waals surface area contributed by atoms with E-state index in [0.29, 0.717) is 26.0 Å². The number of piperidine rings is 1. The molecular formula is C33H50N2O9. The summed E-state index contributed by atoms with van der Waals surface area (Å²) in [6.45, 7) is 9.03. The Balaban J connectivity index is 1.25. The highest BCUT2D eigenvalue weighted by atomic mass is 16.6. The van der Waals surface area contributed by atoms with Crippen molar-refractivity contribution in [3.05, 3.63) is 36.0 Å². The van der Waals surface area contributed by atoms with E-state index in [9.17, 15) is 24.6 Å². The number of aliphatic hydroxyl groups is 1. The van der Waals surface area contributed by atoms with Crippen LogP contribution in [0.2, 0.25) is 0 Å². The molecule has 246 valence electrons. The van der Waals surface area contributed by atoms with Gasteiger partial charge in [-0.15, -0.1) is 0 Å². The van der Waals surface area contributed by atoms with Crippen molar-refractivity contribution in [3.8, 4) is 0 Å². The van der Waals surface area contributed by atoms with Crippen LogP contribution in [0.25, 0.3) is 0 Å². The van der Waals surface area contributed by atoms with Crippen LogP contribution in [-0.4, -0.2) is 102 Å². The minimum atomic E-state index is -0.901. The Morgan fingerprint density at radius 3 is 2.61 bits per heavy atom. The molecule has 0 saturated carbocycles. The summed E-state index contributed by atoms with van der Waals surface area (Å²) < 4.78 is 22.7. The van der Waals surface area contributed by atoms with Gasteiger partial charge in [-0.1, -0.05) is 43.7 Å². The van der Waals surface area contributed by atoms with Gasteiger partial charge in [-0.2, -0.15) is 0 Å². The van der Waals surface area contributed by atoms with Crippen LogP contribution in [-0.2, 0) is 28.5 Å². The molecule has 0 aromatic rings. The number of nitrogens with one attached hydrogen (secondary N) is 1. The largest absolute Gasteiger partial charge is 0.469 e. The number of carbonyl (C=O) groups excluding carboxylic acids is 2. The predicted molar refractivity (Wildman–Crippen MR) is 163 cm³/mol. The number of esters is 1. The Bertz CT molecular complexity index is 1120. The van der Waals surface area contributed by atoms with Crippen molar-refractivity contribution in [3.63, 3.8) is 0 Å². The number of allylic oxidation sites excluding steroid dienone is 2. The zero-order valence-electron chi connectivity index (χ0n) is 26.6. The summed E-state index contributed by atoms with van der Waals surface area (Å²) in [6, 6.07) is -0.231. The molecule has 0 aromatic carbocycles. The number of methoxy groups -OCH3 is 1. The van der Waals surface area contributed by atoms with Crippen LogP contribution in [0.15, 0.2) is 36.0 Å². The number of rotatable bonds is 10. The highest BCUT2D eigenvalue weighted by molar-refractivity contribution is 5.87. The molecule has 1 spiro atoms. The van der Waals surface area contributed by atoms with Gasteiger partial charge in [0.15, 0.2) is 0 Å². The fourth-order valence-electron chi connectivity index (χ4n) is 6.74. The van der Waals surface area contributed by atoms with Gasteiger partial charge in [0.1, 0.15) is 17.8 Å². The minimum Gasteiger partial charge on any atom is -0.469 e. The van der Waals surface area contributed by atoms with Crippen LogP contribution in [0.1, 0.15) is 72.6 Å². The first-order valence-corrected chi connectivity index (χ1v) is 16.0. The molecular weight excluding hydrogens is 568 g/mol. The molecule has 4 rings (SSSR count). The van der Waals surface area contributed by atoms with Crippen LogP contribution in [0, 0.1) is 11.8 Å². The average Bonchev–Trinajstić information content (AvgIpc) is 3.77. The Labute approximate surface area is 260 Å². The lowest BCUT2D eigenvalue weighted by Gasteiger charge is -2.39. The minimum absolute atomic E-state index is 0.00513. The van der Waals surface area contributed by atoms with Crippen molar-refractivity contribution in [2.45, 2.75) is 121 Å². The first-order valence-electron chi connectivity index (χ1n) is 16.0. The number of carbonyl (C=O) groups is 3. The van der Waals surface area contributed by atoms with E-state index in [1.165, 1.54) is 18.1 Å². The number of amides is 2. The monoisotopic (exact) mass is 618 g/mol. The third kappa shape index (κ3) is 8.71. The van der Waals surface area contributed by atoms with E-state index in [2.05, 4.69) is 18.3 Å². The molecule has 11 nitrogen and oxygen atoms in total. The lowest BCUT2D eigenvalue weighted by Crippen LogP contribution is -2.50. The van der Waals surface area contributed by atoms with Crippen LogP contribution >= 0.6 is 0 Å².